The topological polar surface area (TPSA) is 55.9 Å². The molecule has 0 spiro atoms. The van der Waals surface area contributed by atoms with Gasteiger partial charge in [0.25, 0.3) is 0 Å². The Kier molecular flexibility index (Phi) is 3.59. The van der Waals surface area contributed by atoms with E-state index in [2.05, 4.69) is 15.4 Å². The van der Waals surface area contributed by atoms with Crippen molar-refractivity contribution in [3.05, 3.63) is 29.9 Å². The second-order valence-corrected chi connectivity index (χ2v) is 5.40. The summed E-state index contributed by atoms with van der Waals surface area (Å²) in [5.74, 6) is 0. The van der Waals surface area contributed by atoms with E-state index in [-0.39, 0.29) is 11.6 Å². The summed E-state index contributed by atoms with van der Waals surface area (Å²) < 4.78 is 43.5. The van der Waals surface area contributed by atoms with E-state index in [0.29, 0.717) is 12.2 Å². The molecule has 5 nitrogen and oxygen atoms in total. The lowest BCUT2D eigenvalue weighted by molar-refractivity contribution is -0.137. The van der Waals surface area contributed by atoms with Crippen LogP contribution >= 0.6 is 0 Å². The van der Waals surface area contributed by atoms with E-state index >= 15 is 0 Å². The number of oxazole rings is 1. The fourth-order valence-corrected chi connectivity index (χ4v) is 1.41. The van der Waals surface area contributed by atoms with Crippen molar-refractivity contribution in [3.8, 4) is 6.01 Å². The Morgan fingerprint density at radius 2 is 2.00 bits per heavy atom. The van der Waals surface area contributed by atoms with Gasteiger partial charge in [-0.05, 0) is 20.8 Å². The molecule has 8 heteroatoms. The van der Waals surface area contributed by atoms with Crippen LogP contribution in [0.1, 0.15) is 32.0 Å². The van der Waals surface area contributed by atoms with Gasteiger partial charge in [0.2, 0.25) is 0 Å². The van der Waals surface area contributed by atoms with Gasteiger partial charge in [0.05, 0.1) is 17.5 Å². The van der Waals surface area contributed by atoms with Crippen LogP contribution < -0.4 is 5.32 Å². The molecule has 0 aliphatic heterocycles. The molecule has 0 saturated carbocycles. The number of rotatable bonds is 3. The molecule has 1 N–H and O–H groups in total. The zero-order chi connectivity index (χ0) is 15.0. The SMILES string of the molecule is CC(C)(C)NCc1coc(-n2cc(C(F)(F)F)cn2)n1. The normalized spacial score (nSPS) is 12.9. The van der Waals surface area contributed by atoms with Crippen LogP contribution in [0.5, 0.6) is 0 Å². The maximum absolute atomic E-state index is 12.5. The summed E-state index contributed by atoms with van der Waals surface area (Å²) in [6, 6.07) is 0.00575. The lowest BCUT2D eigenvalue weighted by Crippen LogP contribution is -2.35. The lowest BCUT2D eigenvalue weighted by atomic mass is 10.1. The van der Waals surface area contributed by atoms with Gasteiger partial charge in [-0.15, -0.1) is 0 Å². The van der Waals surface area contributed by atoms with Gasteiger partial charge in [0.1, 0.15) is 6.26 Å². The lowest BCUT2D eigenvalue weighted by Gasteiger charge is -2.19. The summed E-state index contributed by atoms with van der Waals surface area (Å²) in [6.45, 7) is 6.45. The van der Waals surface area contributed by atoms with Gasteiger partial charge in [-0.3, -0.25) is 0 Å². The number of hydrogen-bond donors (Lipinski definition) is 1. The molecular weight excluding hydrogens is 273 g/mol. The Morgan fingerprint density at radius 1 is 1.30 bits per heavy atom. The third-order valence-corrected chi connectivity index (χ3v) is 2.45. The van der Waals surface area contributed by atoms with Gasteiger partial charge >= 0.3 is 12.2 Å². The largest absolute Gasteiger partial charge is 0.430 e. The average molecular weight is 288 g/mol. The first-order valence-corrected chi connectivity index (χ1v) is 5.97. The van der Waals surface area contributed by atoms with Gasteiger partial charge in [-0.25, -0.2) is 0 Å². The zero-order valence-electron chi connectivity index (χ0n) is 11.3. The van der Waals surface area contributed by atoms with Crippen LogP contribution in [0.2, 0.25) is 0 Å². The fraction of sp³-hybridized carbons (Fsp3) is 0.500. The van der Waals surface area contributed by atoms with E-state index in [4.69, 9.17) is 4.42 Å². The van der Waals surface area contributed by atoms with Crippen LogP contribution in [-0.4, -0.2) is 20.3 Å². The molecule has 0 amide bonds. The minimum atomic E-state index is -4.43. The smallest absolute Gasteiger partial charge is 0.419 e. The molecule has 0 aliphatic carbocycles. The molecule has 0 saturated heterocycles. The number of aromatic nitrogens is 3. The van der Waals surface area contributed by atoms with Crippen LogP contribution in [-0.2, 0) is 12.7 Å². The van der Waals surface area contributed by atoms with Gasteiger partial charge in [-0.1, -0.05) is 0 Å². The second kappa shape index (κ2) is 4.93. The number of alkyl halides is 3. The zero-order valence-corrected chi connectivity index (χ0v) is 11.3. The van der Waals surface area contributed by atoms with Crippen molar-refractivity contribution in [2.75, 3.05) is 0 Å². The van der Waals surface area contributed by atoms with Crippen molar-refractivity contribution in [2.24, 2.45) is 0 Å². The highest BCUT2D eigenvalue weighted by molar-refractivity contribution is 5.16. The number of nitrogens with zero attached hydrogens (tertiary/aromatic N) is 3. The van der Waals surface area contributed by atoms with E-state index in [1.54, 1.807) is 0 Å². The van der Waals surface area contributed by atoms with Crippen molar-refractivity contribution >= 4 is 0 Å². The van der Waals surface area contributed by atoms with Crippen molar-refractivity contribution in [1.82, 2.24) is 20.1 Å². The molecule has 0 unspecified atom stereocenters. The van der Waals surface area contributed by atoms with E-state index in [1.165, 1.54) is 6.26 Å². The average Bonchev–Trinajstić information content (AvgIpc) is 2.93. The quantitative estimate of drug-likeness (QED) is 0.943. The van der Waals surface area contributed by atoms with Crippen LogP contribution in [0.25, 0.3) is 6.01 Å². The first-order chi connectivity index (χ1) is 9.15. The van der Waals surface area contributed by atoms with E-state index < -0.39 is 11.7 Å². The predicted octanol–water partition coefficient (Wildman–Crippen LogP) is 2.77. The number of nitrogens with one attached hydrogen (secondary N) is 1. The highest BCUT2D eigenvalue weighted by atomic mass is 19.4. The van der Waals surface area contributed by atoms with Gasteiger partial charge < -0.3 is 9.73 Å². The van der Waals surface area contributed by atoms with Gasteiger partial charge in [0.15, 0.2) is 0 Å². The van der Waals surface area contributed by atoms with E-state index in [9.17, 15) is 13.2 Å². The Bertz CT molecular complexity index is 580. The minimum Gasteiger partial charge on any atom is -0.430 e. The van der Waals surface area contributed by atoms with Gasteiger partial charge in [-0.2, -0.15) is 27.9 Å². The number of halogens is 3. The molecule has 0 atom stereocenters. The minimum absolute atomic E-state index is 0.00575. The van der Waals surface area contributed by atoms with Crippen molar-refractivity contribution in [2.45, 2.75) is 39.0 Å². The molecule has 0 fully saturated rings. The summed E-state index contributed by atoms with van der Waals surface area (Å²) in [6.07, 6.45) is -1.46. The summed E-state index contributed by atoms with van der Waals surface area (Å²) in [5, 5.41) is 6.80. The number of hydrogen-bond acceptors (Lipinski definition) is 4. The molecule has 2 heterocycles. The Labute approximate surface area is 113 Å². The third-order valence-electron chi connectivity index (χ3n) is 2.45. The highest BCUT2D eigenvalue weighted by Gasteiger charge is 2.32. The molecule has 110 valence electrons. The molecule has 20 heavy (non-hydrogen) atoms. The Hall–Kier alpha value is -1.83. The van der Waals surface area contributed by atoms with Crippen molar-refractivity contribution in [1.29, 1.82) is 0 Å². The summed E-state index contributed by atoms with van der Waals surface area (Å²) in [4.78, 5) is 4.08. The first-order valence-electron chi connectivity index (χ1n) is 5.97. The molecule has 0 aromatic carbocycles. The molecular formula is C12H15F3N4O. The standard InChI is InChI=1S/C12H15F3N4O/c1-11(2,3)16-5-9-7-20-10(18-9)19-6-8(4-17-19)12(13,14)15/h4,6-7,16H,5H2,1-3H3. The van der Waals surface area contributed by atoms with Gasteiger partial charge in [0, 0.05) is 18.3 Å². The Morgan fingerprint density at radius 3 is 2.55 bits per heavy atom. The third kappa shape index (κ3) is 3.60. The molecule has 2 rings (SSSR count). The molecule has 0 aliphatic rings. The predicted molar refractivity (Wildman–Crippen MR) is 65.2 cm³/mol. The molecule has 0 radical (unpaired) electrons. The van der Waals surface area contributed by atoms with Crippen LogP contribution in [0.3, 0.4) is 0 Å². The van der Waals surface area contributed by atoms with Crippen LogP contribution in [0.4, 0.5) is 13.2 Å². The maximum atomic E-state index is 12.5. The summed E-state index contributed by atoms with van der Waals surface area (Å²) in [7, 11) is 0. The van der Waals surface area contributed by atoms with Crippen LogP contribution in [0.15, 0.2) is 23.1 Å². The van der Waals surface area contributed by atoms with Crippen LogP contribution in [0, 0.1) is 0 Å². The van der Waals surface area contributed by atoms with E-state index in [0.717, 1.165) is 17.1 Å². The van der Waals surface area contributed by atoms with Crippen molar-refractivity contribution in [3.63, 3.8) is 0 Å². The highest BCUT2D eigenvalue weighted by Crippen LogP contribution is 2.29. The van der Waals surface area contributed by atoms with Crippen molar-refractivity contribution < 1.29 is 17.6 Å². The summed E-state index contributed by atoms with van der Waals surface area (Å²) in [5.41, 5.74) is -0.335. The second-order valence-electron chi connectivity index (χ2n) is 5.40. The maximum Gasteiger partial charge on any atom is 0.419 e. The Balaban J connectivity index is 2.11. The first kappa shape index (κ1) is 14.6. The molecule has 2 aromatic heterocycles. The molecule has 2 aromatic rings. The fourth-order valence-electron chi connectivity index (χ4n) is 1.41. The monoisotopic (exact) mass is 288 g/mol. The summed E-state index contributed by atoms with van der Waals surface area (Å²) >= 11 is 0. The van der Waals surface area contributed by atoms with E-state index in [1.807, 2.05) is 20.8 Å². The molecule has 0 bridgehead atoms.